The minimum Gasteiger partial charge on any atom is -0.398 e. The fourth-order valence-electron chi connectivity index (χ4n) is 2.98. The molecule has 1 aromatic rings. The van der Waals surface area contributed by atoms with E-state index in [9.17, 15) is 24.1 Å². The van der Waals surface area contributed by atoms with Crippen molar-refractivity contribution in [3.05, 3.63) is 34.2 Å². The second kappa shape index (κ2) is 4.97. The third-order valence-corrected chi connectivity index (χ3v) is 4.14. The SMILES string of the molecule is Nc1cccc2c1C(=O)N(C1(CN=O)CCC(=O)NC1=O)C2=O. The smallest absolute Gasteiger partial charge is 0.264 e. The molecule has 9 heteroatoms. The highest BCUT2D eigenvalue weighted by Crippen LogP contribution is 2.36. The summed E-state index contributed by atoms with van der Waals surface area (Å²) in [5.41, 5.74) is 4.10. The van der Waals surface area contributed by atoms with Crippen molar-refractivity contribution in [2.75, 3.05) is 12.3 Å². The van der Waals surface area contributed by atoms with Crippen molar-refractivity contribution in [1.82, 2.24) is 10.2 Å². The highest BCUT2D eigenvalue weighted by molar-refractivity contribution is 6.26. The number of carbonyl (C=O) groups is 4. The lowest BCUT2D eigenvalue weighted by Gasteiger charge is -2.39. The van der Waals surface area contributed by atoms with Crippen LogP contribution in [0.3, 0.4) is 0 Å². The molecular weight excluding hydrogens is 304 g/mol. The number of nitrogens with zero attached hydrogens (tertiary/aromatic N) is 2. The van der Waals surface area contributed by atoms with Gasteiger partial charge in [-0.15, -0.1) is 0 Å². The first-order valence-electron chi connectivity index (χ1n) is 6.83. The molecule has 3 N–H and O–H groups in total. The molecule has 9 nitrogen and oxygen atoms in total. The van der Waals surface area contributed by atoms with Gasteiger partial charge in [-0.05, 0) is 18.6 Å². The summed E-state index contributed by atoms with van der Waals surface area (Å²) >= 11 is 0. The van der Waals surface area contributed by atoms with E-state index in [4.69, 9.17) is 5.73 Å². The molecule has 1 aromatic carbocycles. The predicted molar refractivity (Wildman–Crippen MR) is 77.1 cm³/mol. The normalized spacial score (nSPS) is 23.7. The van der Waals surface area contributed by atoms with E-state index in [1.807, 2.05) is 0 Å². The summed E-state index contributed by atoms with van der Waals surface area (Å²) in [6, 6.07) is 4.39. The number of nitrogen functional groups attached to an aromatic ring is 1. The number of rotatable bonds is 3. The van der Waals surface area contributed by atoms with Crippen molar-refractivity contribution in [2.45, 2.75) is 18.4 Å². The highest BCUT2D eigenvalue weighted by Gasteiger charge is 2.56. The van der Waals surface area contributed by atoms with Gasteiger partial charge in [0, 0.05) is 12.1 Å². The molecule has 0 aliphatic carbocycles. The summed E-state index contributed by atoms with van der Waals surface area (Å²) in [5, 5.41) is 4.77. The fourth-order valence-corrected chi connectivity index (χ4v) is 2.98. The van der Waals surface area contributed by atoms with Crippen LogP contribution in [0.1, 0.15) is 33.6 Å². The van der Waals surface area contributed by atoms with E-state index < -0.39 is 35.7 Å². The zero-order chi connectivity index (χ0) is 16.8. The number of nitrogens with two attached hydrogens (primary N) is 1. The second-order valence-electron chi connectivity index (χ2n) is 5.41. The molecule has 0 spiro atoms. The first-order chi connectivity index (χ1) is 10.9. The Kier molecular flexibility index (Phi) is 3.20. The first-order valence-corrected chi connectivity index (χ1v) is 6.83. The van der Waals surface area contributed by atoms with E-state index in [1.165, 1.54) is 18.2 Å². The van der Waals surface area contributed by atoms with Gasteiger partial charge in [0.2, 0.25) is 5.91 Å². The number of piperidine rings is 1. The van der Waals surface area contributed by atoms with Crippen LogP contribution in [0.4, 0.5) is 5.69 Å². The Morgan fingerprint density at radius 2 is 1.96 bits per heavy atom. The van der Waals surface area contributed by atoms with Crippen LogP contribution in [0.2, 0.25) is 0 Å². The standard InChI is InChI=1S/C14H12N4O5/c15-8-3-1-2-7-10(8)12(21)18(11(7)20)14(6-16-23)5-4-9(19)17-13(14)22/h1-3H,4-6,15H2,(H,17,19,22). The van der Waals surface area contributed by atoms with Gasteiger partial charge in [0.15, 0.2) is 5.54 Å². The Labute approximate surface area is 129 Å². The number of fused-ring (bicyclic) bond motifs is 1. The summed E-state index contributed by atoms with van der Waals surface area (Å²) in [6.07, 6.45) is -0.265. The average molecular weight is 316 g/mol. The Bertz CT molecular complexity index is 774. The molecule has 2 aliphatic rings. The number of anilines is 1. The van der Waals surface area contributed by atoms with Gasteiger partial charge in [0.1, 0.15) is 6.54 Å². The van der Waals surface area contributed by atoms with Crippen molar-refractivity contribution >= 4 is 29.3 Å². The summed E-state index contributed by atoms with van der Waals surface area (Å²) < 4.78 is 0. The van der Waals surface area contributed by atoms with E-state index in [1.54, 1.807) is 0 Å². The van der Waals surface area contributed by atoms with Crippen LogP contribution in [0, 0.1) is 4.91 Å². The first kappa shape index (κ1) is 14.8. The van der Waals surface area contributed by atoms with Crippen LogP contribution in [0.5, 0.6) is 0 Å². The van der Waals surface area contributed by atoms with Crippen LogP contribution in [0.15, 0.2) is 23.4 Å². The molecule has 0 radical (unpaired) electrons. The van der Waals surface area contributed by atoms with Crippen molar-refractivity contribution < 1.29 is 19.2 Å². The van der Waals surface area contributed by atoms with E-state index in [2.05, 4.69) is 10.5 Å². The molecule has 118 valence electrons. The monoisotopic (exact) mass is 316 g/mol. The molecular formula is C14H12N4O5. The van der Waals surface area contributed by atoms with Crippen LogP contribution in [-0.2, 0) is 9.59 Å². The van der Waals surface area contributed by atoms with E-state index in [-0.39, 0.29) is 29.7 Å². The lowest BCUT2D eigenvalue weighted by Crippen LogP contribution is -2.66. The van der Waals surface area contributed by atoms with E-state index in [0.29, 0.717) is 4.90 Å². The van der Waals surface area contributed by atoms with Crippen LogP contribution in [-0.4, -0.2) is 40.6 Å². The minimum atomic E-state index is -1.81. The molecule has 1 unspecified atom stereocenters. The maximum absolute atomic E-state index is 12.7. The lowest BCUT2D eigenvalue weighted by atomic mass is 9.87. The number of imide groups is 2. The van der Waals surface area contributed by atoms with Crippen molar-refractivity contribution in [3.63, 3.8) is 0 Å². The zero-order valence-electron chi connectivity index (χ0n) is 11.9. The highest BCUT2D eigenvalue weighted by atomic mass is 16.3. The van der Waals surface area contributed by atoms with Gasteiger partial charge in [-0.1, -0.05) is 11.2 Å². The number of hydrogen-bond donors (Lipinski definition) is 2. The summed E-state index contributed by atoms with van der Waals surface area (Å²) in [4.78, 5) is 60.5. The van der Waals surface area contributed by atoms with Crippen molar-refractivity contribution in [2.24, 2.45) is 5.18 Å². The number of carbonyl (C=O) groups excluding carboxylic acids is 4. The zero-order valence-corrected chi connectivity index (χ0v) is 11.9. The quantitative estimate of drug-likeness (QED) is 0.450. The van der Waals surface area contributed by atoms with Crippen LogP contribution >= 0.6 is 0 Å². The molecule has 1 atom stereocenters. The lowest BCUT2D eigenvalue weighted by molar-refractivity contribution is -0.141. The Morgan fingerprint density at radius 3 is 2.57 bits per heavy atom. The number of hydrogen-bond acceptors (Lipinski definition) is 7. The van der Waals surface area contributed by atoms with Crippen molar-refractivity contribution in [1.29, 1.82) is 0 Å². The Morgan fingerprint density at radius 1 is 1.22 bits per heavy atom. The Hall–Kier alpha value is -3.10. The molecule has 2 heterocycles. The molecule has 1 fully saturated rings. The van der Waals surface area contributed by atoms with Gasteiger partial charge >= 0.3 is 0 Å². The third kappa shape index (κ3) is 1.93. The number of benzene rings is 1. The molecule has 3 rings (SSSR count). The van der Waals surface area contributed by atoms with Gasteiger partial charge in [-0.3, -0.25) is 29.4 Å². The van der Waals surface area contributed by atoms with Gasteiger partial charge in [0.05, 0.1) is 11.1 Å². The largest absolute Gasteiger partial charge is 0.398 e. The maximum atomic E-state index is 12.7. The van der Waals surface area contributed by atoms with Gasteiger partial charge in [0.25, 0.3) is 17.7 Å². The number of amides is 4. The fraction of sp³-hybridized carbons (Fsp3) is 0.286. The van der Waals surface area contributed by atoms with Crippen LogP contribution < -0.4 is 11.1 Å². The second-order valence-corrected chi connectivity index (χ2v) is 5.41. The molecule has 0 saturated carbocycles. The molecule has 2 aliphatic heterocycles. The predicted octanol–water partition coefficient (Wildman–Crippen LogP) is -0.193. The van der Waals surface area contributed by atoms with Crippen molar-refractivity contribution in [3.8, 4) is 0 Å². The third-order valence-electron chi connectivity index (χ3n) is 4.14. The summed E-state index contributed by atoms with van der Waals surface area (Å²) in [5.74, 6) is -2.92. The Balaban J connectivity index is 2.13. The molecule has 0 aromatic heterocycles. The van der Waals surface area contributed by atoms with Gasteiger partial charge in [-0.2, -0.15) is 4.91 Å². The molecule has 1 saturated heterocycles. The molecule has 4 amide bonds. The van der Waals surface area contributed by atoms with E-state index >= 15 is 0 Å². The summed E-state index contributed by atoms with van der Waals surface area (Å²) in [7, 11) is 0. The minimum absolute atomic E-state index is 0.00697. The number of nitrogens with one attached hydrogen (secondary N) is 1. The van der Waals surface area contributed by atoms with E-state index in [0.717, 1.165) is 0 Å². The molecule has 23 heavy (non-hydrogen) atoms. The maximum Gasteiger partial charge on any atom is 0.264 e. The average Bonchev–Trinajstić information content (AvgIpc) is 2.76. The molecule has 0 bridgehead atoms. The van der Waals surface area contributed by atoms with Gasteiger partial charge in [-0.25, -0.2) is 0 Å². The van der Waals surface area contributed by atoms with Crippen LogP contribution in [0.25, 0.3) is 0 Å². The number of nitroso groups, excluding NO2 is 1. The summed E-state index contributed by atoms with van der Waals surface area (Å²) in [6.45, 7) is -0.627. The topological polar surface area (TPSA) is 139 Å². The van der Waals surface area contributed by atoms with Gasteiger partial charge < -0.3 is 5.73 Å².